The van der Waals surface area contributed by atoms with Crippen LogP contribution in [0.4, 0.5) is 5.69 Å². The van der Waals surface area contributed by atoms with Gasteiger partial charge in [-0.3, -0.25) is 14.4 Å². The lowest BCUT2D eigenvalue weighted by Crippen LogP contribution is -2.42. The molecule has 0 saturated heterocycles. The molecule has 1 aromatic carbocycles. The Morgan fingerprint density at radius 1 is 1.14 bits per heavy atom. The van der Waals surface area contributed by atoms with Crippen LogP contribution in [0.25, 0.3) is 0 Å². The molecule has 0 aliphatic heterocycles. The summed E-state index contributed by atoms with van der Waals surface area (Å²) in [4.78, 5) is 40.1. The first kappa shape index (κ1) is 22.2. The van der Waals surface area contributed by atoms with Gasteiger partial charge in [0.25, 0.3) is 17.4 Å². The maximum absolute atomic E-state index is 13.0. The highest BCUT2D eigenvalue weighted by molar-refractivity contribution is 6.06. The highest BCUT2D eigenvalue weighted by atomic mass is 16.5. The summed E-state index contributed by atoms with van der Waals surface area (Å²) in [5.74, 6) is -0.238. The fourth-order valence-corrected chi connectivity index (χ4v) is 3.26. The molecule has 0 unspecified atom stereocenters. The Morgan fingerprint density at radius 3 is 2.34 bits per heavy atom. The summed E-state index contributed by atoms with van der Waals surface area (Å²) in [7, 11) is 1.55. The second-order valence-corrected chi connectivity index (χ2v) is 7.34. The minimum atomic E-state index is -0.472. The Balaban J connectivity index is 2.41. The Bertz CT molecular complexity index is 939. The van der Waals surface area contributed by atoms with E-state index in [4.69, 9.17) is 4.74 Å². The zero-order valence-corrected chi connectivity index (χ0v) is 17.9. The van der Waals surface area contributed by atoms with Crippen molar-refractivity contribution in [3.05, 3.63) is 58.0 Å². The number of para-hydroxylation sites is 1. The average molecular weight is 399 g/mol. The number of carbonyl (C=O) groups excluding carboxylic acids is 2. The van der Waals surface area contributed by atoms with E-state index in [1.54, 1.807) is 36.2 Å². The lowest BCUT2D eigenvalue weighted by atomic mass is 10.1. The van der Waals surface area contributed by atoms with E-state index in [1.165, 1.54) is 16.8 Å². The number of benzene rings is 1. The molecule has 7 heteroatoms. The van der Waals surface area contributed by atoms with E-state index in [0.29, 0.717) is 23.5 Å². The summed E-state index contributed by atoms with van der Waals surface area (Å²) in [5, 5.41) is 2.64. The largest absolute Gasteiger partial charge is 0.493 e. The first-order valence-corrected chi connectivity index (χ1v) is 9.73. The van der Waals surface area contributed by atoms with Gasteiger partial charge < -0.3 is 19.5 Å². The predicted molar refractivity (Wildman–Crippen MR) is 114 cm³/mol. The van der Waals surface area contributed by atoms with E-state index < -0.39 is 11.5 Å². The van der Waals surface area contributed by atoms with Crippen molar-refractivity contribution >= 4 is 17.5 Å². The molecule has 1 aromatic heterocycles. The van der Waals surface area contributed by atoms with Crippen molar-refractivity contribution in [2.24, 2.45) is 7.05 Å². The molecule has 0 atom stereocenters. The van der Waals surface area contributed by atoms with Gasteiger partial charge in [0.15, 0.2) is 0 Å². The number of aromatic nitrogens is 1. The number of hydrogen-bond donors (Lipinski definition) is 1. The van der Waals surface area contributed by atoms with Gasteiger partial charge in [-0.05, 0) is 52.8 Å². The molecule has 0 radical (unpaired) electrons. The highest BCUT2D eigenvalue weighted by Crippen LogP contribution is 2.20. The lowest BCUT2D eigenvalue weighted by molar-refractivity contribution is 0.0642. The molecule has 2 amide bonds. The minimum absolute atomic E-state index is 0.00385. The molecule has 0 saturated carbocycles. The second-order valence-electron chi connectivity index (χ2n) is 7.34. The maximum atomic E-state index is 13.0. The number of hydrogen-bond acceptors (Lipinski definition) is 4. The SMILES string of the molecule is CCOc1ccccc1C(=O)Nc1cc(C(=O)N(C(C)C)C(C)C)cn(C)c1=O. The van der Waals surface area contributed by atoms with Crippen molar-refractivity contribution in [3.63, 3.8) is 0 Å². The molecule has 2 rings (SSSR count). The van der Waals surface area contributed by atoms with Gasteiger partial charge >= 0.3 is 0 Å². The molecular formula is C22H29N3O4. The normalized spacial score (nSPS) is 10.9. The summed E-state index contributed by atoms with van der Waals surface area (Å²) in [6.07, 6.45) is 1.49. The van der Waals surface area contributed by atoms with Gasteiger partial charge in [0.1, 0.15) is 11.4 Å². The summed E-state index contributed by atoms with van der Waals surface area (Å²) >= 11 is 0. The number of carbonyl (C=O) groups is 2. The van der Waals surface area contributed by atoms with Gasteiger partial charge in [-0.25, -0.2) is 0 Å². The van der Waals surface area contributed by atoms with Gasteiger partial charge in [-0.15, -0.1) is 0 Å². The number of nitrogens with one attached hydrogen (secondary N) is 1. The van der Waals surface area contributed by atoms with Crippen LogP contribution >= 0.6 is 0 Å². The number of rotatable bonds is 7. The second kappa shape index (κ2) is 9.41. The molecule has 0 aliphatic carbocycles. The molecule has 156 valence electrons. The molecule has 7 nitrogen and oxygen atoms in total. The molecule has 0 bridgehead atoms. The summed E-state index contributed by atoms with van der Waals surface area (Å²) in [6.45, 7) is 9.99. The smallest absolute Gasteiger partial charge is 0.274 e. The summed E-state index contributed by atoms with van der Waals surface area (Å²) in [6, 6.07) is 8.24. The Labute approximate surface area is 171 Å². The minimum Gasteiger partial charge on any atom is -0.493 e. The standard InChI is InChI=1S/C22H29N3O4/c1-7-29-19-11-9-8-10-17(19)20(26)23-18-12-16(13-24(6)22(18)28)21(27)25(14(2)3)15(4)5/h8-15H,7H2,1-6H3,(H,23,26). The topological polar surface area (TPSA) is 80.6 Å². The van der Waals surface area contributed by atoms with Gasteiger partial charge in [0, 0.05) is 25.3 Å². The Morgan fingerprint density at radius 2 is 1.76 bits per heavy atom. The summed E-state index contributed by atoms with van der Waals surface area (Å²) < 4.78 is 6.79. The van der Waals surface area contributed by atoms with Crippen LogP contribution in [-0.4, -0.2) is 40.0 Å². The highest BCUT2D eigenvalue weighted by Gasteiger charge is 2.23. The monoisotopic (exact) mass is 399 g/mol. The van der Waals surface area contributed by atoms with Gasteiger partial charge in [0.05, 0.1) is 17.7 Å². The van der Waals surface area contributed by atoms with Crippen LogP contribution in [0.2, 0.25) is 0 Å². The Kier molecular flexibility index (Phi) is 7.20. The van der Waals surface area contributed by atoms with Crippen molar-refractivity contribution in [3.8, 4) is 5.75 Å². The zero-order valence-electron chi connectivity index (χ0n) is 17.9. The fraction of sp³-hybridized carbons (Fsp3) is 0.409. The first-order valence-electron chi connectivity index (χ1n) is 9.73. The molecule has 29 heavy (non-hydrogen) atoms. The number of amides is 2. The third kappa shape index (κ3) is 5.04. The number of anilines is 1. The quantitative estimate of drug-likeness (QED) is 0.775. The lowest BCUT2D eigenvalue weighted by Gasteiger charge is -2.31. The van der Waals surface area contributed by atoms with E-state index in [9.17, 15) is 14.4 Å². The van der Waals surface area contributed by atoms with E-state index in [-0.39, 0.29) is 23.7 Å². The van der Waals surface area contributed by atoms with Crippen LogP contribution in [0.15, 0.2) is 41.3 Å². The molecule has 1 N–H and O–H groups in total. The molecule has 0 aliphatic rings. The average Bonchev–Trinajstić information content (AvgIpc) is 2.65. The fourth-order valence-electron chi connectivity index (χ4n) is 3.26. The maximum Gasteiger partial charge on any atom is 0.274 e. The van der Waals surface area contributed by atoms with Crippen molar-refractivity contribution in [2.75, 3.05) is 11.9 Å². The molecule has 1 heterocycles. The molecule has 0 spiro atoms. The van der Waals surface area contributed by atoms with Crippen molar-refractivity contribution < 1.29 is 14.3 Å². The zero-order chi connectivity index (χ0) is 21.7. The molecular weight excluding hydrogens is 370 g/mol. The van der Waals surface area contributed by atoms with Crippen LogP contribution in [0.3, 0.4) is 0 Å². The predicted octanol–water partition coefficient (Wildman–Crippen LogP) is 3.30. The van der Waals surface area contributed by atoms with Crippen LogP contribution in [-0.2, 0) is 7.05 Å². The van der Waals surface area contributed by atoms with Gasteiger partial charge in [-0.2, -0.15) is 0 Å². The molecule has 2 aromatic rings. The van der Waals surface area contributed by atoms with E-state index >= 15 is 0 Å². The Hall–Kier alpha value is -3.09. The molecule has 0 fully saturated rings. The number of pyridine rings is 1. The van der Waals surface area contributed by atoms with Crippen LogP contribution in [0.5, 0.6) is 5.75 Å². The van der Waals surface area contributed by atoms with Crippen molar-refractivity contribution in [1.29, 1.82) is 0 Å². The van der Waals surface area contributed by atoms with Crippen LogP contribution in [0, 0.1) is 0 Å². The van der Waals surface area contributed by atoms with Gasteiger partial charge in [-0.1, -0.05) is 12.1 Å². The van der Waals surface area contributed by atoms with Crippen molar-refractivity contribution in [2.45, 2.75) is 46.7 Å². The van der Waals surface area contributed by atoms with E-state index in [1.807, 2.05) is 34.6 Å². The number of ether oxygens (including phenoxy) is 1. The third-order valence-electron chi connectivity index (χ3n) is 4.46. The first-order chi connectivity index (χ1) is 13.7. The van der Waals surface area contributed by atoms with E-state index in [2.05, 4.69) is 5.32 Å². The van der Waals surface area contributed by atoms with E-state index in [0.717, 1.165) is 0 Å². The van der Waals surface area contributed by atoms with Gasteiger partial charge in [0.2, 0.25) is 0 Å². The van der Waals surface area contributed by atoms with Crippen LogP contribution < -0.4 is 15.6 Å². The number of aryl methyl sites for hydroxylation is 1. The van der Waals surface area contributed by atoms with Crippen LogP contribution in [0.1, 0.15) is 55.3 Å². The summed E-state index contributed by atoms with van der Waals surface area (Å²) in [5.41, 5.74) is 0.300. The van der Waals surface area contributed by atoms with Crippen molar-refractivity contribution in [1.82, 2.24) is 9.47 Å². The third-order valence-corrected chi connectivity index (χ3v) is 4.46. The number of nitrogens with zero attached hydrogens (tertiary/aromatic N) is 2.